The smallest absolute Gasteiger partial charge is 0.463 e. The van der Waals surface area contributed by atoms with Crippen molar-refractivity contribution in [2.45, 2.75) is 39.1 Å². The molecular formula is C17H23NO7. The zero-order valence-electron chi connectivity index (χ0n) is 14.2. The van der Waals surface area contributed by atoms with Crippen molar-refractivity contribution >= 4 is 23.2 Å². The highest BCUT2D eigenvalue weighted by molar-refractivity contribution is 5.93. The number of carbonyl (C=O) groups excluding carboxylic acids is 2. The number of esters is 1. The second kappa shape index (κ2) is 7.60. The van der Waals surface area contributed by atoms with Crippen LogP contribution in [0.1, 0.15) is 38.6 Å². The van der Waals surface area contributed by atoms with Crippen molar-refractivity contribution in [3.8, 4) is 0 Å². The van der Waals surface area contributed by atoms with Gasteiger partial charge in [-0.1, -0.05) is 13.8 Å². The minimum absolute atomic E-state index is 0. The third-order valence-electron chi connectivity index (χ3n) is 3.87. The molecule has 25 heavy (non-hydrogen) atoms. The lowest BCUT2D eigenvalue weighted by atomic mass is 10.2. The van der Waals surface area contributed by atoms with Crippen molar-refractivity contribution in [3.05, 3.63) is 24.1 Å². The average Bonchev–Trinajstić information content (AvgIpc) is 3.16. The van der Waals surface area contributed by atoms with Gasteiger partial charge in [0.25, 0.3) is 6.29 Å². The van der Waals surface area contributed by atoms with Gasteiger partial charge in [-0.05, 0) is 0 Å². The lowest BCUT2D eigenvalue weighted by Gasteiger charge is -2.24. The lowest BCUT2D eigenvalue weighted by molar-refractivity contribution is -0.124. The molecule has 1 atom stereocenters. The van der Waals surface area contributed by atoms with Crippen molar-refractivity contribution in [1.29, 1.82) is 0 Å². The first kappa shape index (κ1) is 17.3. The summed E-state index contributed by atoms with van der Waals surface area (Å²) in [6.07, 6.45) is 0.641. The van der Waals surface area contributed by atoms with Gasteiger partial charge in [0.15, 0.2) is 5.58 Å². The van der Waals surface area contributed by atoms with Crippen molar-refractivity contribution in [3.63, 3.8) is 0 Å². The third kappa shape index (κ3) is 4.33. The fourth-order valence-corrected chi connectivity index (χ4v) is 2.48. The summed E-state index contributed by atoms with van der Waals surface area (Å²) in [7, 11) is 0. The number of ether oxygens (including phenoxy) is 4. The molecule has 0 aromatic carbocycles. The number of aromatic nitrogens is 1. The van der Waals surface area contributed by atoms with E-state index in [1.54, 1.807) is 19.9 Å². The number of hydrogen-bond acceptors (Lipinski definition) is 7. The quantitative estimate of drug-likeness (QED) is 0.649. The Morgan fingerprint density at radius 3 is 2.72 bits per heavy atom. The first-order valence-corrected chi connectivity index (χ1v) is 8.25. The molecule has 1 fully saturated rings. The van der Waals surface area contributed by atoms with Crippen LogP contribution in [0.4, 0.5) is 4.79 Å². The van der Waals surface area contributed by atoms with Crippen LogP contribution in [0.15, 0.2) is 22.8 Å². The Hall–Kier alpha value is -2.48. The highest BCUT2D eigenvalue weighted by atomic mass is 16.8. The highest BCUT2D eigenvalue weighted by Gasteiger charge is 2.27. The first-order chi connectivity index (χ1) is 12.0. The first-order valence-electron chi connectivity index (χ1n) is 8.25. The molecule has 8 heteroatoms. The van der Waals surface area contributed by atoms with Crippen molar-refractivity contribution in [2.75, 3.05) is 13.2 Å². The molecule has 0 spiro atoms. The van der Waals surface area contributed by atoms with Gasteiger partial charge in [-0.3, -0.25) is 0 Å². The average molecular weight is 353 g/mol. The van der Waals surface area contributed by atoms with Gasteiger partial charge < -0.3 is 28.3 Å². The third-order valence-corrected chi connectivity index (χ3v) is 3.87. The molecule has 0 bridgehead atoms. The van der Waals surface area contributed by atoms with Crippen LogP contribution in [0.2, 0.25) is 0 Å². The molecule has 0 radical (unpaired) electrons. The molecule has 0 amide bonds. The van der Waals surface area contributed by atoms with E-state index in [1.165, 1.54) is 12.3 Å². The van der Waals surface area contributed by atoms with Gasteiger partial charge in [0, 0.05) is 32.3 Å². The van der Waals surface area contributed by atoms with E-state index in [9.17, 15) is 9.59 Å². The van der Waals surface area contributed by atoms with Crippen LogP contribution < -0.4 is 0 Å². The van der Waals surface area contributed by atoms with E-state index in [-0.39, 0.29) is 19.1 Å². The van der Waals surface area contributed by atoms with Crippen LogP contribution in [0.5, 0.6) is 0 Å². The van der Waals surface area contributed by atoms with E-state index in [4.69, 9.17) is 23.4 Å². The topological polar surface area (TPSA) is 100.0 Å². The summed E-state index contributed by atoms with van der Waals surface area (Å²) in [5.74, 6) is -0.867. The van der Waals surface area contributed by atoms with Gasteiger partial charge in [-0.15, -0.1) is 0 Å². The number of aromatic amines is 1. The Labute approximate surface area is 145 Å². The van der Waals surface area contributed by atoms with Crippen LogP contribution >= 0.6 is 0 Å². The molecule has 2 aromatic rings. The van der Waals surface area contributed by atoms with Gasteiger partial charge >= 0.3 is 12.1 Å². The molecule has 1 aliphatic heterocycles. The summed E-state index contributed by atoms with van der Waals surface area (Å²) in [5.41, 5.74) is 1.46. The van der Waals surface area contributed by atoms with Crippen molar-refractivity contribution < 1.29 is 34.4 Å². The van der Waals surface area contributed by atoms with E-state index < -0.39 is 18.4 Å². The molecule has 3 heterocycles. The Morgan fingerprint density at radius 1 is 1.28 bits per heavy atom. The Bertz CT molecular complexity index is 704. The normalized spacial score (nSPS) is 16.8. The molecule has 3 rings (SSSR count). The summed E-state index contributed by atoms with van der Waals surface area (Å²) in [6.45, 7) is 4.66. The SMILES string of the molecule is CC(C)C(OC(=O)OC1CCOCC1)OC(=O)c1cc2occc2[nH]1.[HH]. The Morgan fingerprint density at radius 2 is 2.04 bits per heavy atom. The second-order valence-corrected chi connectivity index (χ2v) is 6.20. The number of fused-ring (bicyclic) bond motifs is 1. The fourth-order valence-electron chi connectivity index (χ4n) is 2.48. The fraction of sp³-hybridized carbons (Fsp3) is 0.529. The number of H-pyrrole nitrogens is 1. The van der Waals surface area contributed by atoms with Gasteiger partial charge in [0.2, 0.25) is 0 Å². The zero-order chi connectivity index (χ0) is 17.8. The maximum absolute atomic E-state index is 12.3. The summed E-state index contributed by atoms with van der Waals surface area (Å²) < 4.78 is 26.1. The molecule has 8 nitrogen and oxygen atoms in total. The number of furan rings is 1. The predicted molar refractivity (Wildman–Crippen MR) is 88.1 cm³/mol. The molecule has 1 unspecified atom stereocenters. The minimum atomic E-state index is -1.05. The van der Waals surface area contributed by atoms with Gasteiger partial charge in [0.1, 0.15) is 11.8 Å². The molecule has 2 aromatic heterocycles. The summed E-state index contributed by atoms with van der Waals surface area (Å²) >= 11 is 0. The van der Waals surface area contributed by atoms with Crippen LogP contribution in [0.3, 0.4) is 0 Å². The standard InChI is InChI=1S/C17H21NO7.H2/c1-10(2)16(25-17(20)23-11-3-6-21-7-4-11)24-15(19)13-9-14-12(18-13)5-8-22-14;/h5,8-11,16,18H,3-4,6-7H2,1-2H3;1H. The molecule has 0 aliphatic carbocycles. The largest absolute Gasteiger partial charge is 0.511 e. The van der Waals surface area contributed by atoms with E-state index in [0.717, 1.165) is 0 Å². The molecule has 1 aliphatic rings. The van der Waals surface area contributed by atoms with E-state index >= 15 is 0 Å². The number of carbonyl (C=O) groups is 2. The van der Waals surface area contributed by atoms with Crippen LogP contribution in [0.25, 0.3) is 11.1 Å². The second-order valence-electron chi connectivity index (χ2n) is 6.20. The summed E-state index contributed by atoms with van der Waals surface area (Å²) in [5, 5.41) is 0. The van der Waals surface area contributed by atoms with Crippen LogP contribution in [0, 0.1) is 5.92 Å². The highest BCUT2D eigenvalue weighted by Crippen LogP contribution is 2.19. The Kier molecular flexibility index (Phi) is 5.28. The van der Waals surface area contributed by atoms with Crippen molar-refractivity contribution in [1.82, 2.24) is 4.98 Å². The Balaban J connectivity index is 0.00000243. The van der Waals surface area contributed by atoms with E-state index in [1.807, 2.05) is 0 Å². The van der Waals surface area contributed by atoms with Crippen molar-refractivity contribution in [2.24, 2.45) is 5.92 Å². The van der Waals surface area contributed by atoms with Crippen LogP contribution in [-0.4, -0.2) is 42.7 Å². The lowest BCUT2D eigenvalue weighted by Crippen LogP contribution is -2.33. The minimum Gasteiger partial charge on any atom is -0.463 e. The summed E-state index contributed by atoms with van der Waals surface area (Å²) in [4.78, 5) is 27.1. The van der Waals surface area contributed by atoms with Crippen LogP contribution in [-0.2, 0) is 18.9 Å². The van der Waals surface area contributed by atoms with E-state index in [0.29, 0.717) is 37.2 Å². The molecular weight excluding hydrogens is 330 g/mol. The molecule has 138 valence electrons. The molecule has 1 saturated heterocycles. The van der Waals surface area contributed by atoms with Gasteiger partial charge in [0.05, 0.1) is 25.0 Å². The summed E-state index contributed by atoms with van der Waals surface area (Å²) in [6, 6.07) is 3.24. The molecule has 1 N–H and O–H groups in total. The monoisotopic (exact) mass is 353 g/mol. The maximum Gasteiger partial charge on any atom is 0.511 e. The predicted octanol–water partition coefficient (Wildman–Crippen LogP) is 3.48. The maximum atomic E-state index is 12.3. The number of hydrogen-bond donors (Lipinski definition) is 1. The van der Waals surface area contributed by atoms with Gasteiger partial charge in [-0.25, -0.2) is 9.59 Å². The van der Waals surface area contributed by atoms with Gasteiger partial charge in [-0.2, -0.15) is 0 Å². The molecule has 0 saturated carbocycles. The van der Waals surface area contributed by atoms with E-state index in [2.05, 4.69) is 4.98 Å². The number of rotatable bonds is 5. The number of nitrogens with one attached hydrogen (secondary N) is 1. The zero-order valence-corrected chi connectivity index (χ0v) is 14.2.